The Morgan fingerprint density at radius 1 is 1.40 bits per heavy atom. The summed E-state index contributed by atoms with van der Waals surface area (Å²) in [7, 11) is 1.67. The SMILES string of the molecule is CN(CC(=O)O)c1ccc2c(=O)n(CCF)ccc2c1. The molecule has 0 spiro atoms. The summed E-state index contributed by atoms with van der Waals surface area (Å²) in [6, 6.07) is 6.80. The smallest absolute Gasteiger partial charge is 0.323 e. The van der Waals surface area contributed by atoms with Crippen LogP contribution in [0.25, 0.3) is 10.8 Å². The molecule has 0 aliphatic rings. The normalized spacial score (nSPS) is 10.7. The van der Waals surface area contributed by atoms with Gasteiger partial charge in [-0.05, 0) is 29.7 Å². The van der Waals surface area contributed by atoms with Crippen molar-refractivity contribution in [1.29, 1.82) is 0 Å². The molecule has 0 radical (unpaired) electrons. The van der Waals surface area contributed by atoms with Crippen molar-refractivity contribution in [3.8, 4) is 0 Å². The van der Waals surface area contributed by atoms with Crippen LogP contribution in [0.2, 0.25) is 0 Å². The van der Waals surface area contributed by atoms with Crippen molar-refractivity contribution in [2.24, 2.45) is 0 Å². The number of carbonyl (C=O) groups is 1. The summed E-state index contributed by atoms with van der Waals surface area (Å²) in [5, 5.41) is 9.97. The quantitative estimate of drug-likeness (QED) is 0.900. The van der Waals surface area contributed by atoms with Crippen molar-refractivity contribution < 1.29 is 14.3 Å². The largest absolute Gasteiger partial charge is 0.480 e. The number of hydrogen-bond donors (Lipinski definition) is 1. The number of halogens is 1. The second kappa shape index (κ2) is 5.73. The fourth-order valence-corrected chi connectivity index (χ4v) is 2.07. The van der Waals surface area contributed by atoms with E-state index in [1.165, 1.54) is 4.57 Å². The van der Waals surface area contributed by atoms with Crippen LogP contribution in [0.5, 0.6) is 0 Å². The van der Waals surface area contributed by atoms with Crippen LogP contribution in [-0.2, 0) is 11.3 Å². The lowest BCUT2D eigenvalue weighted by Crippen LogP contribution is -2.25. The molecule has 1 heterocycles. The van der Waals surface area contributed by atoms with Crippen molar-refractivity contribution >= 4 is 22.4 Å². The van der Waals surface area contributed by atoms with Crippen LogP contribution in [-0.4, -0.2) is 35.9 Å². The van der Waals surface area contributed by atoms with Gasteiger partial charge >= 0.3 is 5.97 Å². The lowest BCUT2D eigenvalue weighted by atomic mass is 10.1. The fourth-order valence-electron chi connectivity index (χ4n) is 2.07. The molecule has 1 aromatic carbocycles. The lowest BCUT2D eigenvalue weighted by Gasteiger charge is -2.17. The van der Waals surface area contributed by atoms with Gasteiger partial charge in [-0.25, -0.2) is 4.39 Å². The van der Waals surface area contributed by atoms with Gasteiger partial charge in [0.25, 0.3) is 5.56 Å². The third kappa shape index (κ3) is 2.79. The Kier molecular flexibility index (Phi) is 4.02. The maximum atomic E-state index is 12.3. The molecule has 20 heavy (non-hydrogen) atoms. The number of aryl methyl sites for hydroxylation is 1. The van der Waals surface area contributed by atoms with Gasteiger partial charge in [0.05, 0.1) is 6.54 Å². The Hall–Kier alpha value is -2.37. The molecular formula is C14H15FN2O3. The number of alkyl halides is 1. The van der Waals surface area contributed by atoms with E-state index in [1.54, 1.807) is 42.4 Å². The van der Waals surface area contributed by atoms with Crippen molar-refractivity contribution in [3.05, 3.63) is 40.8 Å². The highest BCUT2D eigenvalue weighted by Crippen LogP contribution is 2.19. The van der Waals surface area contributed by atoms with Crippen molar-refractivity contribution in [2.45, 2.75) is 6.54 Å². The van der Waals surface area contributed by atoms with Crippen LogP contribution >= 0.6 is 0 Å². The van der Waals surface area contributed by atoms with Gasteiger partial charge in [-0.15, -0.1) is 0 Å². The number of likely N-dealkylation sites (N-methyl/N-ethyl adjacent to an activating group) is 1. The molecule has 2 aromatic rings. The zero-order chi connectivity index (χ0) is 14.7. The zero-order valence-electron chi connectivity index (χ0n) is 11.0. The minimum absolute atomic E-state index is 0.0371. The molecule has 1 aromatic heterocycles. The van der Waals surface area contributed by atoms with Gasteiger partial charge in [0.1, 0.15) is 13.2 Å². The van der Waals surface area contributed by atoms with Crippen molar-refractivity contribution in [2.75, 3.05) is 25.2 Å². The number of aromatic nitrogens is 1. The van der Waals surface area contributed by atoms with E-state index >= 15 is 0 Å². The standard InChI is InChI=1S/C14H15FN2O3/c1-16(9-13(18)19)11-2-3-12-10(8-11)4-6-17(7-5-15)14(12)20/h2-4,6,8H,5,7,9H2,1H3,(H,18,19). The molecule has 1 N–H and O–H groups in total. The summed E-state index contributed by atoms with van der Waals surface area (Å²) < 4.78 is 13.7. The minimum Gasteiger partial charge on any atom is -0.480 e. The maximum absolute atomic E-state index is 12.3. The number of anilines is 1. The number of aliphatic carboxylic acids is 1. The molecule has 2 rings (SSSR count). The number of nitrogens with zero attached hydrogens (tertiary/aromatic N) is 2. The fraction of sp³-hybridized carbons (Fsp3) is 0.286. The predicted molar refractivity (Wildman–Crippen MR) is 75.1 cm³/mol. The molecule has 0 amide bonds. The third-order valence-electron chi connectivity index (χ3n) is 3.10. The van der Waals surface area contributed by atoms with Crippen LogP contribution in [0.4, 0.5) is 10.1 Å². The Balaban J connectivity index is 2.43. The summed E-state index contributed by atoms with van der Waals surface area (Å²) in [6.07, 6.45) is 1.55. The number of pyridine rings is 1. The average molecular weight is 278 g/mol. The number of carboxylic acids is 1. The number of fused-ring (bicyclic) bond motifs is 1. The van der Waals surface area contributed by atoms with Gasteiger partial charge in [0.15, 0.2) is 0 Å². The van der Waals surface area contributed by atoms with Gasteiger partial charge in [-0.1, -0.05) is 0 Å². The van der Waals surface area contributed by atoms with Gasteiger partial charge in [-0.2, -0.15) is 0 Å². The number of rotatable bonds is 5. The van der Waals surface area contributed by atoms with E-state index in [4.69, 9.17) is 5.11 Å². The van der Waals surface area contributed by atoms with E-state index in [0.29, 0.717) is 16.5 Å². The molecule has 0 saturated heterocycles. The molecule has 0 fully saturated rings. The Morgan fingerprint density at radius 2 is 2.15 bits per heavy atom. The topological polar surface area (TPSA) is 62.5 Å². The van der Waals surface area contributed by atoms with E-state index in [9.17, 15) is 14.0 Å². The Bertz CT molecular complexity index is 696. The van der Waals surface area contributed by atoms with Gasteiger partial charge in [0.2, 0.25) is 0 Å². The average Bonchev–Trinajstić information content (AvgIpc) is 2.41. The van der Waals surface area contributed by atoms with Crippen molar-refractivity contribution in [1.82, 2.24) is 4.57 Å². The van der Waals surface area contributed by atoms with Crippen LogP contribution < -0.4 is 10.5 Å². The van der Waals surface area contributed by atoms with Crippen molar-refractivity contribution in [3.63, 3.8) is 0 Å². The summed E-state index contributed by atoms with van der Waals surface area (Å²) >= 11 is 0. The van der Waals surface area contributed by atoms with Crippen LogP contribution in [0.1, 0.15) is 0 Å². The van der Waals surface area contributed by atoms with E-state index in [2.05, 4.69) is 0 Å². The highest BCUT2D eigenvalue weighted by molar-refractivity contribution is 5.85. The second-order valence-electron chi connectivity index (χ2n) is 4.52. The van der Waals surface area contributed by atoms with E-state index in [0.717, 1.165) is 0 Å². The molecule has 0 bridgehead atoms. The monoisotopic (exact) mass is 278 g/mol. The number of hydrogen-bond acceptors (Lipinski definition) is 3. The number of benzene rings is 1. The summed E-state index contributed by atoms with van der Waals surface area (Å²) in [6.45, 7) is -0.676. The first kappa shape index (κ1) is 14.0. The van der Waals surface area contributed by atoms with Gasteiger partial charge in [-0.3, -0.25) is 9.59 Å². The molecule has 106 valence electrons. The number of carboxylic acid groups (broad SMARTS) is 1. The zero-order valence-corrected chi connectivity index (χ0v) is 11.0. The Labute approximate surface area is 114 Å². The summed E-state index contributed by atoms with van der Waals surface area (Å²) in [5.74, 6) is -0.925. The third-order valence-corrected chi connectivity index (χ3v) is 3.10. The highest BCUT2D eigenvalue weighted by atomic mass is 19.1. The van der Waals surface area contributed by atoms with E-state index in [-0.39, 0.29) is 18.6 Å². The molecule has 0 aliphatic heterocycles. The highest BCUT2D eigenvalue weighted by Gasteiger charge is 2.08. The molecule has 0 aliphatic carbocycles. The molecule has 6 heteroatoms. The lowest BCUT2D eigenvalue weighted by molar-refractivity contribution is -0.135. The van der Waals surface area contributed by atoms with Crippen LogP contribution in [0.15, 0.2) is 35.3 Å². The minimum atomic E-state index is -0.925. The van der Waals surface area contributed by atoms with Gasteiger partial charge < -0.3 is 14.6 Å². The molecule has 0 unspecified atom stereocenters. The molecule has 0 saturated carbocycles. The first-order chi connectivity index (χ1) is 9.52. The molecule has 0 atom stereocenters. The van der Waals surface area contributed by atoms with E-state index in [1.807, 2.05) is 0 Å². The Morgan fingerprint density at radius 3 is 2.80 bits per heavy atom. The predicted octanol–water partition coefficient (Wildman–Crippen LogP) is 1.49. The van der Waals surface area contributed by atoms with E-state index < -0.39 is 12.6 Å². The maximum Gasteiger partial charge on any atom is 0.323 e. The molecular weight excluding hydrogens is 263 g/mol. The summed E-state index contributed by atoms with van der Waals surface area (Å²) in [4.78, 5) is 24.3. The van der Waals surface area contributed by atoms with Crippen LogP contribution in [0.3, 0.4) is 0 Å². The second-order valence-corrected chi connectivity index (χ2v) is 4.52. The summed E-state index contributed by atoms with van der Waals surface area (Å²) in [5.41, 5.74) is 0.468. The van der Waals surface area contributed by atoms with Crippen LogP contribution in [0, 0.1) is 0 Å². The first-order valence-corrected chi connectivity index (χ1v) is 6.15. The first-order valence-electron chi connectivity index (χ1n) is 6.15. The molecule has 5 nitrogen and oxygen atoms in total. The van der Waals surface area contributed by atoms with Gasteiger partial charge in [0, 0.05) is 24.3 Å².